The average Bonchev–Trinajstić information content (AvgIpc) is 2.58. The third kappa shape index (κ3) is 1.67. The Hall–Kier alpha value is -1.48. The maximum Gasteiger partial charge on any atom is 0.121 e. The standard InChI is InChI=1S/C13H16N2O/c1-9-5-15-13-4-11(2-3-12(9)13)16-8-10-6-14-7-10/h2-5,10,14-15H,6-8H2,1H3. The average molecular weight is 216 g/mol. The summed E-state index contributed by atoms with van der Waals surface area (Å²) in [5, 5.41) is 4.52. The highest BCUT2D eigenvalue weighted by Gasteiger charge is 2.17. The van der Waals surface area contributed by atoms with Crippen molar-refractivity contribution in [1.29, 1.82) is 0 Å². The van der Waals surface area contributed by atoms with Crippen LogP contribution < -0.4 is 10.1 Å². The number of aromatic amines is 1. The van der Waals surface area contributed by atoms with Gasteiger partial charge in [0, 0.05) is 42.2 Å². The lowest BCUT2D eigenvalue weighted by molar-refractivity contribution is 0.199. The van der Waals surface area contributed by atoms with E-state index in [1.54, 1.807) is 0 Å². The van der Waals surface area contributed by atoms with Gasteiger partial charge in [-0.05, 0) is 24.6 Å². The Kier molecular flexibility index (Phi) is 2.33. The highest BCUT2D eigenvalue weighted by atomic mass is 16.5. The van der Waals surface area contributed by atoms with Gasteiger partial charge in [-0.25, -0.2) is 0 Å². The predicted molar refractivity (Wildman–Crippen MR) is 64.9 cm³/mol. The number of hydrogen-bond donors (Lipinski definition) is 2. The SMILES string of the molecule is Cc1c[nH]c2cc(OCC3CNC3)ccc12. The van der Waals surface area contributed by atoms with Crippen LogP contribution in [0.15, 0.2) is 24.4 Å². The Labute approximate surface area is 94.8 Å². The molecule has 1 aliphatic heterocycles. The zero-order chi connectivity index (χ0) is 11.0. The Morgan fingerprint density at radius 1 is 1.38 bits per heavy atom. The lowest BCUT2D eigenvalue weighted by Gasteiger charge is -2.26. The topological polar surface area (TPSA) is 37.0 Å². The van der Waals surface area contributed by atoms with Gasteiger partial charge in [-0.2, -0.15) is 0 Å². The molecule has 0 saturated carbocycles. The van der Waals surface area contributed by atoms with Gasteiger partial charge in [0.25, 0.3) is 0 Å². The number of aromatic nitrogens is 1. The first-order chi connectivity index (χ1) is 7.83. The zero-order valence-electron chi connectivity index (χ0n) is 9.42. The number of fused-ring (bicyclic) bond motifs is 1. The molecule has 3 nitrogen and oxygen atoms in total. The number of hydrogen-bond acceptors (Lipinski definition) is 2. The molecule has 1 fully saturated rings. The van der Waals surface area contributed by atoms with Crippen molar-refractivity contribution in [3.63, 3.8) is 0 Å². The third-order valence-electron chi connectivity index (χ3n) is 3.21. The van der Waals surface area contributed by atoms with Crippen LogP contribution in [-0.2, 0) is 0 Å². The minimum Gasteiger partial charge on any atom is -0.493 e. The molecule has 2 aromatic rings. The van der Waals surface area contributed by atoms with Crippen LogP contribution in [0.3, 0.4) is 0 Å². The van der Waals surface area contributed by atoms with Crippen molar-refractivity contribution >= 4 is 10.9 Å². The number of rotatable bonds is 3. The molecule has 0 atom stereocenters. The fraction of sp³-hybridized carbons (Fsp3) is 0.385. The summed E-state index contributed by atoms with van der Waals surface area (Å²) >= 11 is 0. The Morgan fingerprint density at radius 3 is 3.00 bits per heavy atom. The van der Waals surface area contributed by atoms with Gasteiger partial charge in [-0.1, -0.05) is 0 Å². The summed E-state index contributed by atoms with van der Waals surface area (Å²) in [6, 6.07) is 6.25. The summed E-state index contributed by atoms with van der Waals surface area (Å²) < 4.78 is 5.77. The molecule has 0 bridgehead atoms. The smallest absolute Gasteiger partial charge is 0.121 e. The molecule has 3 heteroatoms. The molecule has 1 aromatic heterocycles. The summed E-state index contributed by atoms with van der Waals surface area (Å²) in [4.78, 5) is 3.25. The van der Waals surface area contributed by atoms with Crippen molar-refractivity contribution in [2.45, 2.75) is 6.92 Å². The number of benzene rings is 1. The van der Waals surface area contributed by atoms with Crippen LogP contribution in [-0.4, -0.2) is 24.7 Å². The van der Waals surface area contributed by atoms with Crippen molar-refractivity contribution in [1.82, 2.24) is 10.3 Å². The van der Waals surface area contributed by atoms with E-state index in [9.17, 15) is 0 Å². The molecular weight excluding hydrogens is 200 g/mol. The van der Waals surface area contributed by atoms with Crippen molar-refractivity contribution in [2.24, 2.45) is 5.92 Å². The van der Waals surface area contributed by atoms with Crippen LogP contribution in [0.1, 0.15) is 5.56 Å². The van der Waals surface area contributed by atoms with Crippen LogP contribution in [0.4, 0.5) is 0 Å². The molecule has 84 valence electrons. The van der Waals surface area contributed by atoms with Gasteiger partial charge < -0.3 is 15.0 Å². The number of ether oxygens (including phenoxy) is 1. The number of H-pyrrole nitrogens is 1. The largest absolute Gasteiger partial charge is 0.493 e. The van der Waals surface area contributed by atoms with Crippen LogP contribution in [0, 0.1) is 12.8 Å². The van der Waals surface area contributed by atoms with Crippen molar-refractivity contribution in [2.75, 3.05) is 19.7 Å². The van der Waals surface area contributed by atoms with Gasteiger partial charge >= 0.3 is 0 Å². The molecular formula is C13H16N2O. The summed E-state index contributed by atoms with van der Waals surface area (Å²) in [6.45, 7) is 5.10. The molecule has 3 rings (SSSR count). The van der Waals surface area contributed by atoms with E-state index in [0.717, 1.165) is 31.0 Å². The van der Waals surface area contributed by atoms with E-state index in [4.69, 9.17) is 4.74 Å². The fourth-order valence-electron chi connectivity index (χ4n) is 2.02. The zero-order valence-corrected chi connectivity index (χ0v) is 9.42. The first-order valence-electron chi connectivity index (χ1n) is 5.74. The molecule has 1 aliphatic rings. The van der Waals surface area contributed by atoms with Gasteiger partial charge in [0.2, 0.25) is 0 Å². The van der Waals surface area contributed by atoms with Crippen molar-refractivity contribution < 1.29 is 4.74 Å². The predicted octanol–water partition coefficient (Wildman–Crippen LogP) is 2.07. The molecule has 1 aromatic carbocycles. The number of nitrogens with one attached hydrogen (secondary N) is 2. The highest BCUT2D eigenvalue weighted by molar-refractivity contribution is 5.84. The molecule has 2 heterocycles. The van der Waals surface area contributed by atoms with E-state index >= 15 is 0 Å². The van der Waals surface area contributed by atoms with Gasteiger partial charge in [0.05, 0.1) is 6.61 Å². The molecule has 0 amide bonds. The second-order valence-electron chi connectivity index (χ2n) is 4.51. The first-order valence-corrected chi connectivity index (χ1v) is 5.74. The molecule has 0 spiro atoms. The minimum atomic E-state index is 0.682. The molecule has 0 aliphatic carbocycles. The van der Waals surface area contributed by atoms with Crippen molar-refractivity contribution in [3.8, 4) is 5.75 Å². The van der Waals surface area contributed by atoms with E-state index in [0.29, 0.717) is 5.92 Å². The van der Waals surface area contributed by atoms with Crippen LogP contribution >= 0.6 is 0 Å². The first kappa shape index (κ1) is 9.73. The highest BCUT2D eigenvalue weighted by Crippen LogP contribution is 2.23. The van der Waals surface area contributed by atoms with Gasteiger partial charge in [-0.3, -0.25) is 0 Å². The third-order valence-corrected chi connectivity index (χ3v) is 3.21. The Bertz CT molecular complexity index is 500. The quantitative estimate of drug-likeness (QED) is 0.824. The maximum atomic E-state index is 5.77. The summed E-state index contributed by atoms with van der Waals surface area (Å²) in [5.74, 6) is 1.64. The van der Waals surface area contributed by atoms with E-state index in [1.165, 1.54) is 10.9 Å². The Morgan fingerprint density at radius 2 is 2.25 bits per heavy atom. The van der Waals surface area contributed by atoms with E-state index < -0.39 is 0 Å². The summed E-state index contributed by atoms with van der Waals surface area (Å²) in [5.41, 5.74) is 2.44. The second kappa shape index (κ2) is 3.83. The number of aryl methyl sites for hydroxylation is 1. The molecule has 0 unspecified atom stereocenters. The second-order valence-corrected chi connectivity index (χ2v) is 4.51. The van der Waals surface area contributed by atoms with Gasteiger partial charge in [-0.15, -0.1) is 0 Å². The summed E-state index contributed by atoms with van der Waals surface area (Å²) in [6.07, 6.45) is 2.03. The van der Waals surface area contributed by atoms with Gasteiger partial charge in [0.15, 0.2) is 0 Å². The van der Waals surface area contributed by atoms with Gasteiger partial charge in [0.1, 0.15) is 5.75 Å². The lowest BCUT2D eigenvalue weighted by Crippen LogP contribution is -2.45. The molecule has 1 saturated heterocycles. The molecule has 2 N–H and O–H groups in total. The van der Waals surface area contributed by atoms with E-state index in [1.807, 2.05) is 6.20 Å². The molecule has 0 radical (unpaired) electrons. The van der Waals surface area contributed by atoms with E-state index in [2.05, 4.69) is 35.4 Å². The van der Waals surface area contributed by atoms with Crippen LogP contribution in [0.2, 0.25) is 0 Å². The Balaban J connectivity index is 1.76. The summed E-state index contributed by atoms with van der Waals surface area (Å²) in [7, 11) is 0. The maximum absolute atomic E-state index is 5.77. The monoisotopic (exact) mass is 216 g/mol. The van der Waals surface area contributed by atoms with Crippen LogP contribution in [0.25, 0.3) is 10.9 Å². The fourth-order valence-corrected chi connectivity index (χ4v) is 2.02. The van der Waals surface area contributed by atoms with Crippen LogP contribution in [0.5, 0.6) is 5.75 Å². The van der Waals surface area contributed by atoms with Crippen molar-refractivity contribution in [3.05, 3.63) is 30.0 Å². The van der Waals surface area contributed by atoms with E-state index in [-0.39, 0.29) is 0 Å². The lowest BCUT2D eigenvalue weighted by atomic mass is 10.1. The molecule has 16 heavy (non-hydrogen) atoms. The minimum absolute atomic E-state index is 0.682. The normalized spacial score (nSPS) is 16.3.